The Morgan fingerprint density at radius 3 is 2.57 bits per heavy atom. The van der Waals surface area contributed by atoms with Crippen LogP contribution in [0.1, 0.15) is 13.8 Å². The summed E-state index contributed by atoms with van der Waals surface area (Å²) in [6.07, 6.45) is 0. The highest BCUT2D eigenvalue weighted by Gasteiger charge is 2.07. The summed E-state index contributed by atoms with van der Waals surface area (Å²) < 4.78 is 4.91. The molecule has 0 unspecified atom stereocenters. The molecule has 0 saturated heterocycles. The van der Waals surface area contributed by atoms with Crippen LogP contribution < -0.4 is 16.0 Å². The van der Waals surface area contributed by atoms with Crippen molar-refractivity contribution >= 4 is 17.7 Å². The quantitative estimate of drug-likeness (QED) is 0.433. The number of thioether (sulfide) groups is 1. The lowest BCUT2D eigenvalue weighted by Crippen LogP contribution is -2.12. The van der Waals surface area contributed by atoms with Crippen LogP contribution in [-0.2, 0) is 0 Å². The Kier molecular flexibility index (Phi) is 3.90. The number of hydrogen-bond donors (Lipinski definition) is 2. The predicted molar refractivity (Wildman–Crippen MR) is 55.2 cm³/mol. The number of rotatable bonds is 4. The van der Waals surface area contributed by atoms with Crippen molar-refractivity contribution in [2.75, 3.05) is 12.5 Å². The summed E-state index contributed by atoms with van der Waals surface area (Å²) in [5, 5.41) is 0.993. The summed E-state index contributed by atoms with van der Waals surface area (Å²) in [6.45, 7) is 4.10. The second kappa shape index (κ2) is 4.97. The van der Waals surface area contributed by atoms with Crippen LogP contribution in [0.25, 0.3) is 0 Å². The maximum Gasteiger partial charge on any atom is 0.321 e. The van der Waals surface area contributed by atoms with Crippen molar-refractivity contribution in [1.82, 2.24) is 15.0 Å². The Bertz CT molecular complexity index is 284. The Morgan fingerprint density at radius 2 is 2.07 bits per heavy atom. The van der Waals surface area contributed by atoms with Crippen molar-refractivity contribution in [2.45, 2.75) is 24.3 Å². The van der Waals surface area contributed by atoms with E-state index in [4.69, 9.17) is 10.6 Å². The first-order valence-electron chi connectivity index (χ1n) is 4.09. The third-order valence-electron chi connectivity index (χ3n) is 1.25. The molecule has 1 aromatic heterocycles. The molecule has 78 valence electrons. The summed E-state index contributed by atoms with van der Waals surface area (Å²) in [6, 6.07) is 0.260. The van der Waals surface area contributed by atoms with Crippen LogP contribution in [0, 0.1) is 0 Å². The van der Waals surface area contributed by atoms with E-state index < -0.39 is 0 Å². The number of methoxy groups -OCH3 is 1. The van der Waals surface area contributed by atoms with Gasteiger partial charge in [-0.05, 0) is 0 Å². The van der Waals surface area contributed by atoms with E-state index in [1.807, 2.05) is 0 Å². The lowest BCUT2D eigenvalue weighted by atomic mass is 10.6. The van der Waals surface area contributed by atoms with E-state index in [0.29, 0.717) is 16.4 Å². The number of hydrazine groups is 1. The normalized spacial score (nSPS) is 10.4. The SMILES string of the molecule is COc1nc(NN)nc(SC(C)C)n1. The van der Waals surface area contributed by atoms with E-state index in [0.717, 1.165) is 0 Å². The zero-order valence-corrected chi connectivity index (χ0v) is 9.13. The molecule has 0 aliphatic heterocycles. The van der Waals surface area contributed by atoms with Gasteiger partial charge in [0.05, 0.1) is 7.11 Å². The van der Waals surface area contributed by atoms with Crippen LogP contribution in [0.5, 0.6) is 6.01 Å². The highest BCUT2D eigenvalue weighted by Crippen LogP contribution is 2.20. The third kappa shape index (κ3) is 3.00. The predicted octanol–water partition coefficient (Wildman–Crippen LogP) is 0.666. The Hall–Kier alpha value is -1.08. The second-order valence-electron chi connectivity index (χ2n) is 2.74. The molecule has 0 bridgehead atoms. The van der Waals surface area contributed by atoms with Crippen LogP contribution in [0.3, 0.4) is 0 Å². The fraction of sp³-hybridized carbons (Fsp3) is 0.571. The van der Waals surface area contributed by atoms with Gasteiger partial charge in [0.1, 0.15) is 0 Å². The lowest BCUT2D eigenvalue weighted by molar-refractivity contribution is 0.373. The van der Waals surface area contributed by atoms with Crippen LogP contribution in [0.2, 0.25) is 0 Å². The molecule has 14 heavy (non-hydrogen) atoms. The van der Waals surface area contributed by atoms with Crippen molar-refractivity contribution in [2.24, 2.45) is 5.84 Å². The van der Waals surface area contributed by atoms with Crippen LogP contribution in [0.4, 0.5) is 5.95 Å². The monoisotopic (exact) mass is 215 g/mol. The molecule has 1 rings (SSSR count). The number of nitrogens with two attached hydrogens (primary N) is 1. The standard InChI is InChI=1S/C7H13N5OS/c1-4(2)14-7-10-5(12-8)9-6(11-7)13-3/h4H,8H2,1-3H3,(H,9,10,11,12). The van der Waals surface area contributed by atoms with E-state index >= 15 is 0 Å². The number of nitrogens with zero attached hydrogens (tertiary/aromatic N) is 3. The van der Waals surface area contributed by atoms with Crippen LogP contribution >= 0.6 is 11.8 Å². The van der Waals surface area contributed by atoms with Gasteiger partial charge >= 0.3 is 6.01 Å². The van der Waals surface area contributed by atoms with Crippen molar-refractivity contribution in [1.29, 1.82) is 0 Å². The molecule has 0 fully saturated rings. The van der Waals surface area contributed by atoms with Crippen LogP contribution in [0.15, 0.2) is 5.16 Å². The highest BCUT2D eigenvalue weighted by molar-refractivity contribution is 7.99. The first-order chi connectivity index (χ1) is 6.65. The fourth-order valence-corrected chi connectivity index (χ4v) is 1.45. The molecule has 3 N–H and O–H groups in total. The van der Waals surface area contributed by atoms with E-state index in [2.05, 4.69) is 34.2 Å². The Labute approximate surface area is 86.6 Å². The molecule has 0 saturated carbocycles. The van der Waals surface area contributed by atoms with E-state index in [-0.39, 0.29) is 6.01 Å². The molecule has 1 heterocycles. The van der Waals surface area contributed by atoms with Gasteiger partial charge < -0.3 is 4.74 Å². The van der Waals surface area contributed by atoms with Crippen molar-refractivity contribution in [3.8, 4) is 6.01 Å². The van der Waals surface area contributed by atoms with Gasteiger partial charge in [-0.3, -0.25) is 5.43 Å². The summed E-state index contributed by atoms with van der Waals surface area (Å²) in [7, 11) is 1.50. The van der Waals surface area contributed by atoms with Gasteiger partial charge in [-0.25, -0.2) is 5.84 Å². The van der Waals surface area contributed by atoms with E-state index in [1.165, 1.54) is 18.9 Å². The minimum Gasteiger partial charge on any atom is -0.467 e. The number of aromatic nitrogens is 3. The van der Waals surface area contributed by atoms with E-state index in [1.54, 1.807) is 0 Å². The van der Waals surface area contributed by atoms with Crippen molar-refractivity contribution in [3.05, 3.63) is 0 Å². The Morgan fingerprint density at radius 1 is 1.36 bits per heavy atom. The molecular weight excluding hydrogens is 202 g/mol. The molecular formula is C7H13N5OS. The van der Waals surface area contributed by atoms with Crippen molar-refractivity contribution < 1.29 is 4.74 Å². The molecule has 0 aliphatic rings. The largest absolute Gasteiger partial charge is 0.467 e. The number of nitrogens with one attached hydrogen (secondary N) is 1. The molecule has 0 aliphatic carbocycles. The van der Waals surface area contributed by atoms with Gasteiger partial charge in [-0.2, -0.15) is 15.0 Å². The lowest BCUT2D eigenvalue weighted by Gasteiger charge is -2.06. The average molecular weight is 215 g/mol. The molecule has 0 atom stereocenters. The van der Waals surface area contributed by atoms with Gasteiger partial charge in [0.15, 0.2) is 5.16 Å². The fourth-order valence-electron chi connectivity index (χ4n) is 0.757. The molecule has 0 amide bonds. The van der Waals surface area contributed by atoms with Gasteiger partial charge in [-0.15, -0.1) is 0 Å². The van der Waals surface area contributed by atoms with Crippen LogP contribution in [-0.4, -0.2) is 27.3 Å². The smallest absolute Gasteiger partial charge is 0.321 e. The summed E-state index contributed by atoms with van der Waals surface area (Å²) in [5.41, 5.74) is 2.36. The molecule has 0 spiro atoms. The minimum absolute atomic E-state index is 0.260. The molecule has 1 aromatic rings. The van der Waals surface area contributed by atoms with Crippen molar-refractivity contribution in [3.63, 3.8) is 0 Å². The maximum absolute atomic E-state index is 5.21. The van der Waals surface area contributed by atoms with Gasteiger partial charge in [0.2, 0.25) is 5.95 Å². The minimum atomic E-state index is 0.260. The third-order valence-corrected chi connectivity index (χ3v) is 2.11. The van der Waals surface area contributed by atoms with Gasteiger partial charge in [-0.1, -0.05) is 25.6 Å². The molecule has 0 radical (unpaired) electrons. The zero-order chi connectivity index (χ0) is 10.6. The number of anilines is 1. The number of hydrogen-bond acceptors (Lipinski definition) is 7. The molecule has 7 heteroatoms. The first-order valence-corrected chi connectivity index (χ1v) is 4.97. The number of nitrogen functional groups attached to an aromatic ring is 1. The summed E-state index contributed by atoms with van der Waals surface area (Å²) in [4.78, 5) is 12.0. The number of ether oxygens (including phenoxy) is 1. The summed E-state index contributed by atoms with van der Waals surface area (Å²) in [5.74, 6) is 5.51. The topological polar surface area (TPSA) is 86.0 Å². The first kappa shape index (κ1) is 11.0. The Balaban J connectivity index is 2.92. The average Bonchev–Trinajstić information content (AvgIpc) is 2.16. The molecule has 6 nitrogen and oxygen atoms in total. The summed E-state index contributed by atoms with van der Waals surface area (Å²) >= 11 is 1.52. The maximum atomic E-state index is 5.21. The van der Waals surface area contributed by atoms with Gasteiger partial charge in [0.25, 0.3) is 0 Å². The van der Waals surface area contributed by atoms with Gasteiger partial charge in [0, 0.05) is 5.25 Å². The molecule has 0 aromatic carbocycles. The zero-order valence-electron chi connectivity index (χ0n) is 8.31. The highest BCUT2D eigenvalue weighted by atomic mass is 32.2. The van der Waals surface area contributed by atoms with E-state index in [9.17, 15) is 0 Å². The second-order valence-corrected chi connectivity index (χ2v) is 4.28.